The van der Waals surface area contributed by atoms with Gasteiger partial charge in [0.15, 0.2) is 0 Å². The molecule has 2 amide bonds. The number of hydrogen-bond donors (Lipinski definition) is 2. The van der Waals surface area contributed by atoms with E-state index < -0.39 is 11.8 Å². The number of hydrogen-bond acceptors (Lipinski definition) is 5. The Balaban J connectivity index is 1.54. The third-order valence-electron chi connectivity index (χ3n) is 4.19. The monoisotopic (exact) mass is 391 g/mol. The molecule has 1 aliphatic rings. The van der Waals surface area contributed by atoms with Gasteiger partial charge in [0.1, 0.15) is 11.6 Å². The molecule has 3 rings (SSSR count). The van der Waals surface area contributed by atoms with Crippen molar-refractivity contribution in [2.45, 2.75) is 26.5 Å². The van der Waals surface area contributed by atoms with Crippen LogP contribution in [0.2, 0.25) is 0 Å². The molecule has 1 aliphatic heterocycles. The van der Waals surface area contributed by atoms with Crippen molar-refractivity contribution in [2.24, 2.45) is 0 Å². The number of anilines is 2. The first-order chi connectivity index (χ1) is 13.5. The first-order valence-electron chi connectivity index (χ1n) is 9.36. The summed E-state index contributed by atoms with van der Waals surface area (Å²) in [4.78, 5) is 14.6. The van der Waals surface area contributed by atoms with E-state index in [0.29, 0.717) is 11.4 Å². The lowest BCUT2D eigenvalue weighted by Gasteiger charge is -2.26. The number of carbonyl (C=O) groups is 1. The van der Waals surface area contributed by atoms with Crippen molar-refractivity contribution in [3.05, 3.63) is 36.4 Å². The molecule has 9 heteroatoms. The van der Waals surface area contributed by atoms with E-state index in [1.54, 1.807) is 17.1 Å². The molecule has 0 unspecified atom stereocenters. The van der Waals surface area contributed by atoms with Gasteiger partial charge in [-0.3, -0.25) is 9.58 Å². The molecule has 1 aromatic carbocycles. The Bertz CT molecular complexity index is 790. The third-order valence-corrected chi connectivity index (χ3v) is 4.19. The zero-order valence-electron chi connectivity index (χ0n) is 16.2. The first kappa shape index (κ1) is 20.1. The van der Waals surface area contributed by atoms with Crippen LogP contribution in [0, 0.1) is 5.82 Å². The Hall–Kier alpha value is -2.65. The van der Waals surface area contributed by atoms with Crippen LogP contribution in [0.25, 0.3) is 0 Å². The number of amides is 2. The molecule has 0 radical (unpaired) electrons. The number of aromatic nitrogens is 2. The molecule has 0 saturated carbocycles. The highest BCUT2D eigenvalue weighted by Crippen LogP contribution is 2.26. The van der Waals surface area contributed by atoms with Gasteiger partial charge in [-0.05, 0) is 26.0 Å². The van der Waals surface area contributed by atoms with Crippen molar-refractivity contribution in [3.8, 4) is 5.75 Å². The van der Waals surface area contributed by atoms with Gasteiger partial charge in [-0.2, -0.15) is 5.10 Å². The lowest BCUT2D eigenvalue weighted by atomic mass is 10.2. The molecular weight excluding hydrogens is 365 g/mol. The highest BCUT2D eigenvalue weighted by Gasteiger charge is 2.13. The molecule has 2 heterocycles. The number of benzene rings is 1. The van der Waals surface area contributed by atoms with Gasteiger partial charge in [0, 0.05) is 31.9 Å². The van der Waals surface area contributed by atoms with E-state index in [2.05, 4.69) is 20.6 Å². The van der Waals surface area contributed by atoms with Gasteiger partial charge in [-0.15, -0.1) is 0 Å². The molecule has 1 saturated heterocycles. The minimum absolute atomic E-state index is 0.0984. The fourth-order valence-electron chi connectivity index (χ4n) is 2.86. The Morgan fingerprint density at radius 2 is 2.07 bits per heavy atom. The molecule has 152 valence electrons. The van der Waals surface area contributed by atoms with E-state index in [9.17, 15) is 9.18 Å². The number of nitrogens with one attached hydrogen (secondary N) is 2. The van der Waals surface area contributed by atoms with E-state index in [-0.39, 0.29) is 11.8 Å². The predicted molar refractivity (Wildman–Crippen MR) is 104 cm³/mol. The molecule has 8 nitrogen and oxygen atoms in total. The van der Waals surface area contributed by atoms with Gasteiger partial charge >= 0.3 is 6.03 Å². The smallest absolute Gasteiger partial charge is 0.323 e. The molecule has 1 fully saturated rings. The lowest BCUT2D eigenvalue weighted by Crippen LogP contribution is -2.38. The molecule has 0 spiro atoms. The highest BCUT2D eigenvalue weighted by atomic mass is 19.1. The molecule has 0 aliphatic carbocycles. The second-order valence-electron chi connectivity index (χ2n) is 6.83. The number of rotatable bonds is 7. The van der Waals surface area contributed by atoms with Crippen LogP contribution in [0.1, 0.15) is 13.8 Å². The maximum absolute atomic E-state index is 13.6. The minimum Gasteiger partial charge on any atom is -0.489 e. The number of urea groups is 1. The summed E-state index contributed by atoms with van der Waals surface area (Å²) < 4.78 is 26.3. The van der Waals surface area contributed by atoms with Crippen molar-refractivity contribution in [1.82, 2.24) is 14.7 Å². The van der Waals surface area contributed by atoms with E-state index in [4.69, 9.17) is 9.47 Å². The van der Waals surface area contributed by atoms with Gasteiger partial charge in [-0.1, -0.05) is 0 Å². The average Bonchev–Trinajstić information content (AvgIpc) is 3.10. The van der Waals surface area contributed by atoms with Crippen LogP contribution < -0.4 is 15.4 Å². The van der Waals surface area contributed by atoms with Crippen LogP contribution in [-0.2, 0) is 11.3 Å². The Morgan fingerprint density at radius 3 is 2.82 bits per heavy atom. The van der Waals surface area contributed by atoms with E-state index in [1.807, 2.05) is 13.8 Å². The maximum Gasteiger partial charge on any atom is 0.323 e. The van der Waals surface area contributed by atoms with E-state index in [1.165, 1.54) is 18.2 Å². The second-order valence-corrected chi connectivity index (χ2v) is 6.83. The van der Waals surface area contributed by atoms with Crippen LogP contribution in [0.5, 0.6) is 5.75 Å². The summed E-state index contributed by atoms with van der Waals surface area (Å²) in [5, 5.41) is 9.59. The third kappa shape index (κ3) is 5.93. The van der Waals surface area contributed by atoms with Crippen LogP contribution in [-0.4, -0.2) is 59.7 Å². The summed E-state index contributed by atoms with van der Waals surface area (Å²) in [7, 11) is 0. The van der Waals surface area contributed by atoms with Crippen molar-refractivity contribution < 1.29 is 18.7 Å². The molecule has 1 aromatic heterocycles. The van der Waals surface area contributed by atoms with Gasteiger partial charge in [0.05, 0.1) is 43.4 Å². The van der Waals surface area contributed by atoms with E-state index in [0.717, 1.165) is 39.4 Å². The fraction of sp³-hybridized carbons (Fsp3) is 0.474. The van der Waals surface area contributed by atoms with Gasteiger partial charge in [-0.25, -0.2) is 9.18 Å². The highest BCUT2D eigenvalue weighted by molar-refractivity contribution is 6.00. The number of ether oxygens (including phenoxy) is 2. The molecule has 2 N–H and O–H groups in total. The predicted octanol–water partition coefficient (Wildman–Crippen LogP) is 2.79. The van der Waals surface area contributed by atoms with Crippen molar-refractivity contribution in [2.75, 3.05) is 43.5 Å². The number of halogens is 1. The van der Waals surface area contributed by atoms with Gasteiger partial charge in [0.2, 0.25) is 0 Å². The minimum atomic E-state index is -0.494. The summed E-state index contributed by atoms with van der Waals surface area (Å²) in [6.45, 7) is 8.67. The summed E-state index contributed by atoms with van der Waals surface area (Å²) in [5.74, 6) is -0.0462. The maximum atomic E-state index is 13.6. The van der Waals surface area contributed by atoms with Crippen molar-refractivity contribution >= 4 is 17.4 Å². The number of morpholine rings is 1. The molecule has 28 heavy (non-hydrogen) atoms. The summed E-state index contributed by atoms with van der Waals surface area (Å²) in [5.41, 5.74) is 0.827. The first-order valence-corrected chi connectivity index (χ1v) is 9.36. The Kier molecular flexibility index (Phi) is 6.83. The van der Waals surface area contributed by atoms with Crippen LogP contribution >= 0.6 is 0 Å². The topological polar surface area (TPSA) is 80.7 Å². The van der Waals surface area contributed by atoms with E-state index >= 15 is 0 Å². The van der Waals surface area contributed by atoms with Gasteiger partial charge < -0.3 is 20.1 Å². The Labute approximate surface area is 163 Å². The molecule has 2 aromatic rings. The number of nitrogens with zero attached hydrogens (tertiary/aromatic N) is 3. The van der Waals surface area contributed by atoms with Gasteiger partial charge in [0.25, 0.3) is 0 Å². The fourth-order valence-corrected chi connectivity index (χ4v) is 2.86. The quantitative estimate of drug-likeness (QED) is 0.759. The van der Waals surface area contributed by atoms with Crippen molar-refractivity contribution in [1.29, 1.82) is 0 Å². The largest absolute Gasteiger partial charge is 0.489 e. The normalized spacial score (nSPS) is 14.9. The lowest BCUT2D eigenvalue weighted by molar-refractivity contribution is 0.0360. The van der Waals surface area contributed by atoms with Crippen LogP contribution in [0.15, 0.2) is 30.6 Å². The zero-order valence-corrected chi connectivity index (χ0v) is 16.2. The molecule has 0 bridgehead atoms. The second kappa shape index (κ2) is 9.52. The summed E-state index contributed by atoms with van der Waals surface area (Å²) in [6, 6.07) is 3.52. The number of carbonyl (C=O) groups excluding carboxylic acids is 1. The molecule has 0 atom stereocenters. The summed E-state index contributed by atoms with van der Waals surface area (Å²) in [6.07, 6.45) is 3.24. The van der Waals surface area contributed by atoms with Crippen molar-refractivity contribution in [3.63, 3.8) is 0 Å². The Morgan fingerprint density at radius 1 is 1.29 bits per heavy atom. The zero-order chi connectivity index (χ0) is 19.9. The average molecular weight is 391 g/mol. The standard InChI is InChI=1S/C19H26FN5O3/c1-14(2)28-18-4-3-15(20)11-17(18)23-19(26)22-16-12-21-25(13-16)6-5-24-7-9-27-10-8-24/h3-4,11-14H,5-10H2,1-2H3,(H2,22,23,26). The molecular formula is C19H26FN5O3. The van der Waals surface area contributed by atoms with Crippen LogP contribution in [0.4, 0.5) is 20.6 Å². The van der Waals surface area contributed by atoms with Crippen LogP contribution in [0.3, 0.4) is 0 Å². The summed E-state index contributed by atoms with van der Waals surface area (Å²) >= 11 is 0. The SMILES string of the molecule is CC(C)Oc1ccc(F)cc1NC(=O)Nc1cnn(CCN2CCOCC2)c1.